The van der Waals surface area contributed by atoms with E-state index >= 15 is 0 Å². The average molecular weight is 804 g/mol. The molecule has 292 valence electrons. The Balaban J connectivity index is 1.08. The summed E-state index contributed by atoms with van der Waals surface area (Å²) >= 11 is 1.83. The molecule has 0 radical (unpaired) electrons. The smallest absolute Gasteiger partial charge is 0.164 e. The molecule has 1 aliphatic heterocycles. The van der Waals surface area contributed by atoms with Crippen molar-refractivity contribution in [2.75, 3.05) is 0 Å². The van der Waals surface area contributed by atoms with E-state index in [1.807, 2.05) is 48.2 Å². The van der Waals surface area contributed by atoms with Gasteiger partial charge in [-0.3, -0.25) is 0 Å². The van der Waals surface area contributed by atoms with Crippen molar-refractivity contribution in [1.29, 1.82) is 0 Å². The zero-order valence-corrected chi connectivity index (χ0v) is 35.2. The van der Waals surface area contributed by atoms with Crippen LogP contribution in [0.25, 0.3) is 79.2 Å². The summed E-state index contributed by atoms with van der Waals surface area (Å²) in [6, 6.07) is 61.6. The first-order chi connectivity index (χ1) is 29.7. The molecule has 0 amide bonds. The molecule has 0 fully saturated rings. The summed E-state index contributed by atoms with van der Waals surface area (Å²) in [5, 5.41) is 0. The van der Waals surface area contributed by atoms with Crippen LogP contribution >= 0.6 is 11.8 Å². The SMILES string of the molecule is CC1(C)c2ccccc2Sc2c(-c3cc(-c4cccc(-c5nc(-c6ccccc6)nc(-c6cccc7c6-c6ccccc6C7(C)C)n5)c4)nc(-c4ccccc4)n3)cccc21. The molecule has 61 heavy (non-hydrogen) atoms. The van der Waals surface area contributed by atoms with Gasteiger partial charge in [0.05, 0.1) is 11.4 Å². The third-order valence-corrected chi connectivity index (χ3v) is 13.6. The van der Waals surface area contributed by atoms with Crippen LogP contribution < -0.4 is 0 Å². The molecule has 11 rings (SSSR count). The van der Waals surface area contributed by atoms with E-state index in [-0.39, 0.29) is 10.8 Å². The second kappa shape index (κ2) is 14.3. The first-order valence-electron chi connectivity index (χ1n) is 20.8. The maximum absolute atomic E-state index is 5.29. The maximum Gasteiger partial charge on any atom is 0.164 e. The molecule has 2 aliphatic rings. The van der Waals surface area contributed by atoms with Gasteiger partial charge >= 0.3 is 0 Å². The number of hydrogen-bond donors (Lipinski definition) is 0. The molecule has 0 saturated heterocycles. The lowest BCUT2D eigenvalue weighted by Gasteiger charge is -2.35. The van der Waals surface area contributed by atoms with E-state index in [4.69, 9.17) is 24.9 Å². The highest BCUT2D eigenvalue weighted by molar-refractivity contribution is 7.99. The Bertz CT molecular complexity index is 3170. The van der Waals surface area contributed by atoms with Crippen molar-refractivity contribution >= 4 is 11.8 Å². The van der Waals surface area contributed by atoms with Crippen molar-refractivity contribution in [3.05, 3.63) is 198 Å². The van der Waals surface area contributed by atoms with Gasteiger partial charge in [0, 0.05) is 54.0 Å². The van der Waals surface area contributed by atoms with Crippen LogP contribution in [0.3, 0.4) is 0 Å². The van der Waals surface area contributed by atoms with Crippen LogP contribution in [-0.2, 0) is 10.8 Å². The van der Waals surface area contributed by atoms with Crippen LogP contribution in [0.4, 0.5) is 0 Å². The van der Waals surface area contributed by atoms with E-state index < -0.39 is 0 Å². The molecule has 0 atom stereocenters. The number of aromatic nitrogens is 5. The Labute approximate surface area is 360 Å². The van der Waals surface area contributed by atoms with Crippen LogP contribution in [-0.4, -0.2) is 24.9 Å². The van der Waals surface area contributed by atoms with Gasteiger partial charge in [-0.1, -0.05) is 197 Å². The minimum atomic E-state index is -0.166. The second-order valence-corrected chi connectivity index (χ2v) is 17.9. The zero-order valence-electron chi connectivity index (χ0n) is 34.4. The van der Waals surface area contributed by atoms with Crippen LogP contribution in [0.1, 0.15) is 49.9 Å². The van der Waals surface area contributed by atoms with Gasteiger partial charge in [0.2, 0.25) is 0 Å². The van der Waals surface area contributed by atoms with Crippen LogP contribution in [0.2, 0.25) is 0 Å². The first kappa shape index (κ1) is 37.0. The van der Waals surface area contributed by atoms with Gasteiger partial charge in [-0.15, -0.1) is 0 Å². The van der Waals surface area contributed by atoms with Gasteiger partial charge in [0.1, 0.15) is 0 Å². The van der Waals surface area contributed by atoms with Crippen molar-refractivity contribution in [1.82, 2.24) is 24.9 Å². The Morgan fingerprint density at radius 3 is 1.59 bits per heavy atom. The third-order valence-electron chi connectivity index (χ3n) is 12.4. The lowest BCUT2D eigenvalue weighted by molar-refractivity contribution is 0.608. The van der Waals surface area contributed by atoms with Crippen molar-refractivity contribution < 1.29 is 0 Å². The largest absolute Gasteiger partial charge is 0.228 e. The quantitative estimate of drug-likeness (QED) is 0.167. The van der Waals surface area contributed by atoms with Crippen molar-refractivity contribution in [3.8, 4) is 79.2 Å². The Morgan fingerprint density at radius 1 is 0.344 bits per heavy atom. The summed E-state index contributed by atoms with van der Waals surface area (Å²) in [7, 11) is 0. The lowest BCUT2D eigenvalue weighted by atomic mass is 9.77. The fourth-order valence-corrected chi connectivity index (χ4v) is 10.7. The number of nitrogens with zero attached hydrogens (tertiary/aromatic N) is 5. The first-order valence-corrected chi connectivity index (χ1v) is 21.6. The summed E-state index contributed by atoms with van der Waals surface area (Å²) in [5.74, 6) is 2.54. The highest BCUT2D eigenvalue weighted by atomic mass is 32.2. The van der Waals surface area contributed by atoms with Gasteiger partial charge < -0.3 is 0 Å². The summed E-state index contributed by atoms with van der Waals surface area (Å²) in [5.41, 5.74) is 14.8. The molecule has 7 aromatic carbocycles. The number of fused-ring (bicyclic) bond motifs is 5. The number of rotatable bonds is 6. The average Bonchev–Trinajstić information content (AvgIpc) is 3.55. The van der Waals surface area contributed by atoms with Crippen LogP contribution in [0.15, 0.2) is 186 Å². The normalized spacial score (nSPS) is 14.1. The summed E-state index contributed by atoms with van der Waals surface area (Å²) in [4.78, 5) is 28.7. The molecule has 9 aromatic rings. The third kappa shape index (κ3) is 6.20. The van der Waals surface area contributed by atoms with E-state index in [9.17, 15) is 0 Å². The van der Waals surface area contributed by atoms with E-state index in [0.717, 1.165) is 44.8 Å². The molecule has 1 aliphatic carbocycles. The molecular formula is C55H41N5S. The summed E-state index contributed by atoms with van der Waals surface area (Å²) in [6.07, 6.45) is 0. The monoisotopic (exact) mass is 803 g/mol. The predicted octanol–water partition coefficient (Wildman–Crippen LogP) is 13.8. The molecule has 3 heterocycles. The van der Waals surface area contributed by atoms with Gasteiger partial charge in [0.25, 0.3) is 0 Å². The molecular weight excluding hydrogens is 763 g/mol. The van der Waals surface area contributed by atoms with Gasteiger partial charge in [-0.2, -0.15) is 0 Å². The highest BCUT2D eigenvalue weighted by Crippen LogP contribution is 2.53. The molecule has 0 saturated carbocycles. The predicted molar refractivity (Wildman–Crippen MR) is 248 cm³/mol. The Hall–Kier alpha value is -7.02. The van der Waals surface area contributed by atoms with Crippen molar-refractivity contribution in [2.24, 2.45) is 0 Å². The van der Waals surface area contributed by atoms with Crippen molar-refractivity contribution in [2.45, 2.75) is 48.3 Å². The van der Waals surface area contributed by atoms with E-state index in [0.29, 0.717) is 23.3 Å². The van der Waals surface area contributed by atoms with Crippen LogP contribution in [0, 0.1) is 0 Å². The molecule has 5 nitrogen and oxygen atoms in total. The number of benzene rings is 7. The minimum Gasteiger partial charge on any atom is -0.228 e. The van der Waals surface area contributed by atoms with E-state index in [1.54, 1.807) is 0 Å². The molecule has 0 N–H and O–H groups in total. The van der Waals surface area contributed by atoms with E-state index in [1.165, 1.54) is 43.2 Å². The minimum absolute atomic E-state index is 0.151. The summed E-state index contributed by atoms with van der Waals surface area (Å²) in [6.45, 7) is 9.24. The summed E-state index contributed by atoms with van der Waals surface area (Å²) < 4.78 is 0. The highest BCUT2D eigenvalue weighted by Gasteiger charge is 2.37. The van der Waals surface area contributed by atoms with Crippen LogP contribution in [0.5, 0.6) is 0 Å². The van der Waals surface area contributed by atoms with Crippen molar-refractivity contribution in [3.63, 3.8) is 0 Å². The molecule has 0 bridgehead atoms. The fraction of sp³-hybridized carbons (Fsp3) is 0.109. The lowest BCUT2D eigenvalue weighted by Crippen LogP contribution is -2.24. The molecule has 2 aromatic heterocycles. The number of hydrogen-bond acceptors (Lipinski definition) is 6. The van der Waals surface area contributed by atoms with Gasteiger partial charge in [-0.05, 0) is 51.6 Å². The molecule has 0 spiro atoms. The molecule has 0 unspecified atom stereocenters. The maximum atomic E-state index is 5.29. The standard InChI is InChI=1S/C55H41N5S/c1-54(2)41-27-12-11-24-38(41)48-40(26-17-29-43(48)54)53-59-51(35-20-9-6-10-21-35)58-52(60-53)37-23-15-22-36(32-37)45-33-46(57-50(56-45)34-18-7-5-8-19-34)39-25-16-30-44-49(39)61-47-31-14-13-28-42(47)55(44,3)4/h5-33H,1-4H3. The van der Waals surface area contributed by atoms with E-state index in [2.05, 4.69) is 167 Å². The van der Waals surface area contributed by atoms with Gasteiger partial charge in [-0.25, -0.2) is 24.9 Å². The molecule has 6 heteroatoms. The van der Waals surface area contributed by atoms with Gasteiger partial charge in [0.15, 0.2) is 23.3 Å². The zero-order chi connectivity index (χ0) is 41.3. The topological polar surface area (TPSA) is 64.5 Å². The Kier molecular flexibility index (Phi) is 8.69. The Morgan fingerprint density at radius 2 is 0.836 bits per heavy atom. The fourth-order valence-electron chi connectivity index (χ4n) is 9.22. The second-order valence-electron chi connectivity index (χ2n) is 16.9.